The van der Waals surface area contributed by atoms with Gasteiger partial charge in [0.25, 0.3) is 5.91 Å². The molecular weight excluding hydrogens is 530 g/mol. The smallest absolute Gasteiger partial charge is 0.410 e. The SMILES string of the molecule is CN(CCNC(=O)CN(CC(=O)N(C)N1Cc2ccccc2C1)c1ccccc1-c1ccccc1)C(=O)OC(C)(C)C. The molecule has 0 unspecified atom stereocenters. The number of ether oxygens (including phenoxy) is 1. The number of likely N-dealkylation sites (N-methyl/N-ethyl adjacent to an activating group) is 2. The van der Waals surface area contributed by atoms with Crippen LogP contribution in [0, 0.1) is 0 Å². The fraction of sp³-hybridized carbons (Fsp3) is 0.364. The Hall–Kier alpha value is -4.37. The number of rotatable bonds is 10. The summed E-state index contributed by atoms with van der Waals surface area (Å²) in [5.41, 5.74) is 4.53. The highest BCUT2D eigenvalue weighted by Crippen LogP contribution is 2.31. The van der Waals surface area contributed by atoms with Crippen molar-refractivity contribution in [2.45, 2.75) is 39.5 Å². The molecule has 0 fully saturated rings. The highest BCUT2D eigenvalue weighted by molar-refractivity contribution is 5.89. The molecule has 4 rings (SSSR count). The quantitative estimate of drug-likeness (QED) is 0.385. The van der Waals surface area contributed by atoms with Crippen LogP contribution >= 0.6 is 0 Å². The molecule has 1 heterocycles. The zero-order chi connectivity index (χ0) is 30.3. The minimum Gasteiger partial charge on any atom is -0.444 e. The molecule has 0 saturated carbocycles. The molecule has 0 radical (unpaired) electrons. The molecule has 3 amide bonds. The van der Waals surface area contributed by atoms with Crippen LogP contribution in [-0.2, 0) is 27.4 Å². The number of para-hydroxylation sites is 1. The van der Waals surface area contributed by atoms with Crippen LogP contribution in [0.1, 0.15) is 31.9 Å². The Bertz CT molecular complexity index is 1360. The summed E-state index contributed by atoms with van der Waals surface area (Å²) in [5.74, 6) is -0.373. The first kappa shape index (κ1) is 30.6. The first-order valence-corrected chi connectivity index (χ1v) is 14.2. The van der Waals surface area contributed by atoms with Crippen molar-refractivity contribution in [2.75, 3.05) is 45.2 Å². The average molecular weight is 572 g/mol. The van der Waals surface area contributed by atoms with E-state index < -0.39 is 11.7 Å². The Morgan fingerprint density at radius 3 is 2.07 bits per heavy atom. The van der Waals surface area contributed by atoms with Gasteiger partial charge in [-0.1, -0.05) is 72.8 Å². The summed E-state index contributed by atoms with van der Waals surface area (Å²) >= 11 is 0. The lowest BCUT2D eigenvalue weighted by Crippen LogP contribution is -2.48. The zero-order valence-electron chi connectivity index (χ0n) is 25.2. The van der Waals surface area contributed by atoms with Crippen LogP contribution < -0.4 is 10.2 Å². The number of carbonyl (C=O) groups is 3. The van der Waals surface area contributed by atoms with Gasteiger partial charge in [0.15, 0.2) is 0 Å². The number of carbonyl (C=O) groups excluding carboxylic acids is 3. The van der Waals surface area contributed by atoms with Crippen molar-refractivity contribution in [1.29, 1.82) is 0 Å². The number of hydrogen-bond donors (Lipinski definition) is 1. The minimum absolute atomic E-state index is 0.0123. The highest BCUT2D eigenvalue weighted by atomic mass is 16.6. The van der Waals surface area contributed by atoms with Gasteiger partial charge in [0.1, 0.15) is 5.60 Å². The Morgan fingerprint density at radius 2 is 1.43 bits per heavy atom. The molecule has 0 bridgehead atoms. The molecule has 1 N–H and O–H groups in total. The van der Waals surface area contributed by atoms with Crippen molar-refractivity contribution >= 4 is 23.6 Å². The molecule has 1 aliphatic rings. The summed E-state index contributed by atoms with van der Waals surface area (Å²) < 4.78 is 5.38. The van der Waals surface area contributed by atoms with Gasteiger partial charge in [0.2, 0.25) is 5.91 Å². The molecule has 9 heteroatoms. The lowest BCUT2D eigenvalue weighted by Gasteiger charge is -2.32. The van der Waals surface area contributed by atoms with Gasteiger partial charge < -0.3 is 19.9 Å². The topological polar surface area (TPSA) is 85.4 Å². The highest BCUT2D eigenvalue weighted by Gasteiger charge is 2.27. The van der Waals surface area contributed by atoms with Crippen LogP contribution in [0.25, 0.3) is 11.1 Å². The molecule has 0 spiro atoms. The number of amides is 3. The first-order valence-electron chi connectivity index (χ1n) is 14.2. The Morgan fingerprint density at radius 1 is 0.833 bits per heavy atom. The second kappa shape index (κ2) is 13.5. The Kier molecular flexibility index (Phi) is 9.85. The summed E-state index contributed by atoms with van der Waals surface area (Å²) in [7, 11) is 3.41. The van der Waals surface area contributed by atoms with Gasteiger partial charge in [-0.3, -0.25) is 14.6 Å². The van der Waals surface area contributed by atoms with E-state index in [0.29, 0.717) is 19.6 Å². The Balaban J connectivity index is 1.47. The van der Waals surface area contributed by atoms with Crippen LogP contribution in [0.4, 0.5) is 10.5 Å². The molecular formula is C33H41N5O4. The summed E-state index contributed by atoms with van der Waals surface area (Å²) in [4.78, 5) is 42.3. The third-order valence-electron chi connectivity index (χ3n) is 7.07. The number of hydrazine groups is 1. The number of nitrogens with zero attached hydrogens (tertiary/aromatic N) is 4. The molecule has 0 atom stereocenters. The maximum Gasteiger partial charge on any atom is 0.410 e. The molecule has 222 valence electrons. The van der Waals surface area contributed by atoms with Gasteiger partial charge >= 0.3 is 6.09 Å². The number of hydrogen-bond acceptors (Lipinski definition) is 6. The third-order valence-corrected chi connectivity index (χ3v) is 7.07. The molecule has 0 aromatic heterocycles. The van der Waals surface area contributed by atoms with E-state index >= 15 is 0 Å². The summed E-state index contributed by atoms with van der Waals surface area (Å²) in [5, 5.41) is 6.57. The maximum absolute atomic E-state index is 13.6. The fourth-order valence-corrected chi connectivity index (χ4v) is 4.81. The van der Waals surface area contributed by atoms with Gasteiger partial charge in [-0.05, 0) is 43.5 Å². The van der Waals surface area contributed by atoms with Crippen LogP contribution in [0.5, 0.6) is 0 Å². The first-order chi connectivity index (χ1) is 20.0. The van der Waals surface area contributed by atoms with E-state index in [0.717, 1.165) is 16.8 Å². The average Bonchev–Trinajstić information content (AvgIpc) is 3.40. The van der Waals surface area contributed by atoms with Crippen molar-refractivity contribution in [3.05, 3.63) is 90.0 Å². The predicted molar refractivity (Wildman–Crippen MR) is 164 cm³/mol. The number of anilines is 1. The van der Waals surface area contributed by atoms with Crippen molar-refractivity contribution < 1.29 is 19.1 Å². The van der Waals surface area contributed by atoms with E-state index in [9.17, 15) is 14.4 Å². The summed E-state index contributed by atoms with van der Waals surface area (Å²) in [6.07, 6.45) is -0.451. The van der Waals surface area contributed by atoms with Gasteiger partial charge in [-0.25, -0.2) is 9.80 Å². The second-order valence-corrected chi connectivity index (χ2v) is 11.5. The zero-order valence-corrected chi connectivity index (χ0v) is 25.2. The van der Waals surface area contributed by atoms with Crippen LogP contribution in [-0.4, -0.2) is 78.7 Å². The van der Waals surface area contributed by atoms with E-state index in [1.807, 2.05) is 97.4 Å². The van der Waals surface area contributed by atoms with Crippen molar-refractivity contribution in [3.63, 3.8) is 0 Å². The van der Waals surface area contributed by atoms with Gasteiger partial charge in [0, 0.05) is 51.5 Å². The maximum atomic E-state index is 13.6. The van der Waals surface area contributed by atoms with Crippen molar-refractivity contribution in [1.82, 2.24) is 20.2 Å². The number of fused-ring (bicyclic) bond motifs is 1. The number of nitrogens with one attached hydrogen (secondary N) is 1. The van der Waals surface area contributed by atoms with Crippen LogP contribution in [0.15, 0.2) is 78.9 Å². The molecule has 1 aliphatic heterocycles. The van der Waals surface area contributed by atoms with Crippen molar-refractivity contribution in [2.24, 2.45) is 0 Å². The van der Waals surface area contributed by atoms with E-state index in [1.54, 1.807) is 19.1 Å². The van der Waals surface area contributed by atoms with Crippen molar-refractivity contribution in [3.8, 4) is 11.1 Å². The van der Waals surface area contributed by atoms with Gasteiger partial charge in [0.05, 0.1) is 13.1 Å². The molecule has 0 aliphatic carbocycles. The number of benzene rings is 3. The van der Waals surface area contributed by atoms with E-state index in [4.69, 9.17) is 4.74 Å². The minimum atomic E-state index is -0.598. The summed E-state index contributed by atoms with van der Waals surface area (Å²) in [6.45, 7) is 7.27. The normalized spacial score (nSPS) is 12.8. The largest absolute Gasteiger partial charge is 0.444 e. The monoisotopic (exact) mass is 571 g/mol. The molecule has 3 aromatic rings. The fourth-order valence-electron chi connectivity index (χ4n) is 4.81. The summed E-state index contributed by atoms with van der Waals surface area (Å²) in [6, 6.07) is 25.9. The molecule has 0 saturated heterocycles. The standard InChI is InChI=1S/C33H41N5O4/c1-33(2,3)42-32(41)35(4)20-19-34-30(39)23-37(29-18-12-11-17-28(29)25-13-7-6-8-14-25)24-31(40)36(5)38-21-26-15-9-10-16-27(26)22-38/h6-18H,19-24H2,1-5H3,(H,34,39). The van der Waals surface area contributed by atoms with E-state index in [2.05, 4.69) is 17.4 Å². The molecule has 42 heavy (non-hydrogen) atoms. The van der Waals surface area contributed by atoms with E-state index in [1.165, 1.54) is 16.0 Å². The van der Waals surface area contributed by atoms with Gasteiger partial charge in [-0.2, -0.15) is 0 Å². The third kappa shape index (κ3) is 8.10. The van der Waals surface area contributed by atoms with Crippen LogP contribution in [0.2, 0.25) is 0 Å². The van der Waals surface area contributed by atoms with Gasteiger partial charge in [-0.15, -0.1) is 0 Å². The molecule has 3 aromatic carbocycles. The lowest BCUT2D eigenvalue weighted by atomic mass is 10.0. The molecule has 9 nitrogen and oxygen atoms in total. The second-order valence-electron chi connectivity index (χ2n) is 11.5. The Labute approximate surface area is 248 Å². The lowest BCUT2D eigenvalue weighted by molar-refractivity contribution is -0.145. The van der Waals surface area contributed by atoms with Crippen LogP contribution in [0.3, 0.4) is 0 Å². The predicted octanol–water partition coefficient (Wildman–Crippen LogP) is 4.53. The van der Waals surface area contributed by atoms with E-state index in [-0.39, 0.29) is 31.4 Å².